The second-order valence-electron chi connectivity index (χ2n) is 6.19. The van der Waals surface area contributed by atoms with Gasteiger partial charge in [-0.2, -0.15) is 0 Å². The highest BCUT2D eigenvalue weighted by molar-refractivity contribution is 14.0. The Kier molecular flexibility index (Phi) is 12.1. The molecule has 1 aromatic heterocycles. The van der Waals surface area contributed by atoms with E-state index < -0.39 is 0 Å². The summed E-state index contributed by atoms with van der Waals surface area (Å²) < 4.78 is 10.8. The molecule has 1 heterocycles. The molecule has 0 aliphatic rings. The van der Waals surface area contributed by atoms with Gasteiger partial charge in [-0.15, -0.1) is 35.3 Å². The number of ether oxygens (including phenoxy) is 2. The first-order chi connectivity index (χ1) is 13.1. The van der Waals surface area contributed by atoms with Crippen LogP contribution in [0.25, 0.3) is 0 Å². The van der Waals surface area contributed by atoms with E-state index in [1.807, 2.05) is 18.2 Å². The van der Waals surface area contributed by atoms with Gasteiger partial charge >= 0.3 is 0 Å². The molecule has 0 radical (unpaired) electrons. The van der Waals surface area contributed by atoms with Crippen LogP contribution in [-0.2, 0) is 17.7 Å². The largest absolute Gasteiger partial charge is 0.493 e. The Morgan fingerprint density at radius 2 is 2.04 bits per heavy atom. The zero-order valence-corrected chi connectivity index (χ0v) is 20.2. The maximum absolute atomic E-state index is 5.75. The minimum atomic E-state index is 0. The maximum atomic E-state index is 5.75. The number of thiazole rings is 1. The molecule has 0 amide bonds. The molecule has 0 bridgehead atoms. The summed E-state index contributed by atoms with van der Waals surface area (Å²) in [6, 6.07) is 8.10. The summed E-state index contributed by atoms with van der Waals surface area (Å²) in [5, 5.41) is 7.84. The minimum absolute atomic E-state index is 0. The van der Waals surface area contributed by atoms with Crippen molar-refractivity contribution in [3.8, 4) is 5.75 Å². The molecule has 0 saturated carbocycles. The molecule has 0 aliphatic heterocycles. The fraction of sp³-hybridized carbons (Fsp3) is 0.500. The summed E-state index contributed by atoms with van der Waals surface area (Å²) in [5.41, 5.74) is 2.27. The van der Waals surface area contributed by atoms with Gasteiger partial charge in [0, 0.05) is 51.6 Å². The second-order valence-corrected chi connectivity index (χ2v) is 7.48. The number of nitrogens with one attached hydrogen (secondary N) is 2. The molecule has 1 aromatic carbocycles. The maximum Gasteiger partial charge on any atom is 0.191 e. The monoisotopic (exact) mass is 518 g/mol. The van der Waals surface area contributed by atoms with Gasteiger partial charge in [-0.1, -0.05) is 12.1 Å². The lowest BCUT2D eigenvalue weighted by molar-refractivity contribution is 0.172. The van der Waals surface area contributed by atoms with Crippen molar-refractivity contribution < 1.29 is 9.47 Å². The Morgan fingerprint density at radius 1 is 1.21 bits per heavy atom. The predicted molar refractivity (Wildman–Crippen MR) is 127 cm³/mol. The molecule has 0 fully saturated rings. The van der Waals surface area contributed by atoms with E-state index in [0.29, 0.717) is 19.8 Å². The number of hydrogen-bond donors (Lipinski definition) is 2. The highest BCUT2D eigenvalue weighted by atomic mass is 127. The van der Waals surface area contributed by atoms with Crippen molar-refractivity contribution in [2.24, 2.45) is 4.99 Å². The van der Waals surface area contributed by atoms with Gasteiger partial charge in [0.1, 0.15) is 5.75 Å². The van der Waals surface area contributed by atoms with Gasteiger partial charge in [-0.25, -0.2) is 4.98 Å². The van der Waals surface area contributed by atoms with Gasteiger partial charge in [0.15, 0.2) is 5.96 Å². The van der Waals surface area contributed by atoms with Crippen molar-refractivity contribution in [3.63, 3.8) is 0 Å². The molecule has 156 valence electrons. The number of methoxy groups -OCH3 is 1. The third-order valence-electron chi connectivity index (χ3n) is 4.05. The standard InChI is InChI=1S/C20H30N4O2S.HI/c1-15-16(2)27-19(24-15)9-10-22-20(21-3)23-14-17-7-5-8-18(13-17)26-12-6-11-25-4;/h5,7-8,13H,6,9-12,14H2,1-4H3,(H2,21,22,23);1H. The number of aliphatic imine (C=N–C) groups is 1. The van der Waals surface area contributed by atoms with Gasteiger partial charge in [0.05, 0.1) is 17.3 Å². The summed E-state index contributed by atoms with van der Waals surface area (Å²) in [6.45, 7) is 7.02. The molecule has 2 aromatic rings. The first-order valence-corrected chi connectivity index (χ1v) is 10.0. The van der Waals surface area contributed by atoms with Crippen LogP contribution in [0.5, 0.6) is 5.75 Å². The minimum Gasteiger partial charge on any atom is -0.493 e. The van der Waals surface area contributed by atoms with Crippen molar-refractivity contribution >= 4 is 41.3 Å². The fourth-order valence-electron chi connectivity index (χ4n) is 2.48. The van der Waals surface area contributed by atoms with Gasteiger partial charge in [-0.05, 0) is 31.5 Å². The summed E-state index contributed by atoms with van der Waals surface area (Å²) in [5.74, 6) is 1.66. The second kappa shape index (κ2) is 13.7. The molecule has 8 heteroatoms. The number of halogens is 1. The fourth-order valence-corrected chi connectivity index (χ4v) is 3.41. The van der Waals surface area contributed by atoms with E-state index in [9.17, 15) is 0 Å². The highest BCUT2D eigenvalue weighted by Gasteiger charge is 2.04. The summed E-state index contributed by atoms with van der Waals surface area (Å²) in [7, 11) is 3.48. The van der Waals surface area contributed by atoms with Crippen LogP contribution in [0.3, 0.4) is 0 Å². The quantitative estimate of drug-likeness (QED) is 0.217. The molecule has 2 N–H and O–H groups in total. The zero-order valence-electron chi connectivity index (χ0n) is 17.1. The molecule has 6 nitrogen and oxygen atoms in total. The van der Waals surface area contributed by atoms with Crippen molar-refractivity contribution in [1.29, 1.82) is 0 Å². The lowest BCUT2D eigenvalue weighted by Gasteiger charge is -2.12. The summed E-state index contributed by atoms with van der Waals surface area (Å²) in [4.78, 5) is 10.1. The van der Waals surface area contributed by atoms with E-state index >= 15 is 0 Å². The van der Waals surface area contributed by atoms with Crippen LogP contribution in [0.2, 0.25) is 0 Å². The molecule has 0 saturated heterocycles. The van der Waals surface area contributed by atoms with Crippen molar-refractivity contribution in [3.05, 3.63) is 45.4 Å². The van der Waals surface area contributed by atoms with Crippen LogP contribution in [0.4, 0.5) is 0 Å². The van der Waals surface area contributed by atoms with Crippen LogP contribution in [0, 0.1) is 13.8 Å². The number of aromatic nitrogens is 1. The number of rotatable bonds is 10. The van der Waals surface area contributed by atoms with Gasteiger partial charge in [-0.3, -0.25) is 4.99 Å². The third kappa shape index (κ3) is 8.74. The first kappa shape index (κ1) is 24.6. The average Bonchev–Trinajstić information content (AvgIpc) is 2.99. The predicted octanol–water partition coefficient (Wildman–Crippen LogP) is 3.70. The lowest BCUT2D eigenvalue weighted by atomic mass is 10.2. The third-order valence-corrected chi connectivity index (χ3v) is 5.18. The van der Waals surface area contributed by atoms with E-state index in [1.165, 1.54) is 4.88 Å². The smallest absolute Gasteiger partial charge is 0.191 e. The number of nitrogens with zero attached hydrogens (tertiary/aromatic N) is 2. The normalized spacial score (nSPS) is 11.1. The Balaban J connectivity index is 0.00000392. The topological polar surface area (TPSA) is 67.8 Å². The van der Waals surface area contributed by atoms with Crippen molar-refractivity contribution in [2.45, 2.75) is 33.2 Å². The van der Waals surface area contributed by atoms with Gasteiger partial charge < -0.3 is 20.1 Å². The van der Waals surface area contributed by atoms with E-state index in [1.54, 1.807) is 25.5 Å². The van der Waals surface area contributed by atoms with Gasteiger partial charge in [0.25, 0.3) is 0 Å². The molecule has 28 heavy (non-hydrogen) atoms. The highest BCUT2D eigenvalue weighted by Crippen LogP contribution is 2.16. The Morgan fingerprint density at radius 3 is 2.71 bits per heavy atom. The van der Waals surface area contributed by atoms with Crippen LogP contribution in [-0.4, -0.2) is 44.9 Å². The molecule has 0 unspecified atom stereocenters. The van der Waals surface area contributed by atoms with E-state index in [0.717, 1.165) is 47.4 Å². The van der Waals surface area contributed by atoms with Crippen molar-refractivity contribution in [2.75, 3.05) is 33.9 Å². The van der Waals surface area contributed by atoms with Crippen LogP contribution in [0.1, 0.15) is 27.6 Å². The zero-order chi connectivity index (χ0) is 19.5. The molecular weight excluding hydrogens is 487 g/mol. The van der Waals surface area contributed by atoms with E-state index in [4.69, 9.17) is 9.47 Å². The molecular formula is C20H31IN4O2S. The number of aryl methyl sites for hydroxylation is 2. The Labute approximate surface area is 189 Å². The molecule has 0 spiro atoms. The van der Waals surface area contributed by atoms with Crippen LogP contribution in [0.15, 0.2) is 29.3 Å². The number of guanidine groups is 1. The Bertz CT molecular complexity index is 717. The first-order valence-electron chi connectivity index (χ1n) is 9.20. The summed E-state index contributed by atoms with van der Waals surface area (Å²) >= 11 is 1.76. The number of hydrogen-bond acceptors (Lipinski definition) is 5. The van der Waals surface area contributed by atoms with E-state index in [-0.39, 0.29) is 24.0 Å². The lowest BCUT2D eigenvalue weighted by Crippen LogP contribution is -2.37. The van der Waals surface area contributed by atoms with E-state index in [2.05, 4.69) is 40.5 Å². The molecule has 0 atom stereocenters. The summed E-state index contributed by atoms with van der Waals surface area (Å²) in [6.07, 6.45) is 1.78. The van der Waals surface area contributed by atoms with Crippen LogP contribution >= 0.6 is 35.3 Å². The molecule has 0 aliphatic carbocycles. The van der Waals surface area contributed by atoms with Gasteiger partial charge in [0.2, 0.25) is 0 Å². The SMILES string of the molecule is CN=C(NCCc1nc(C)c(C)s1)NCc1cccc(OCCCOC)c1.I. The van der Waals surface area contributed by atoms with Crippen molar-refractivity contribution in [1.82, 2.24) is 15.6 Å². The van der Waals surface area contributed by atoms with Crippen LogP contribution < -0.4 is 15.4 Å². The average molecular weight is 518 g/mol. The molecule has 2 rings (SSSR count). The number of benzene rings is 1. The Hall–Kier alpha value is -1.39.